The van der Waals surface area contributed by atoms with E-state index in [1.165, 1.54) is 22.3 Å². The molecule has 4 nitrogen and oxygen atoms in total. The van der Waals surface area contributed by atoms with Crippen molar-refractivity contribution >= 4 is 11.8 Å². The molecule has 7 heteroatoms. The van der Waals surface area contributed by atoms with E-state index in [9.17, 15) is 9.59 Å². The number of carbonyl (C=O) groups excluding carboxylic acids is 2. The van der Waals surface area contributed by atoms with Crippen LogP contribution >= 0.6 is 0 Å². The van der Waals surface area contributed by atoms with Gasteiger partial charge in [-0.2, -0.15) is 0 Å². The Balaban J connectivity index is 0.00000450. The van der Waals surface area contributed by atoms with Crippen LogP contribution in [0.5, 0.6) is 0 Å². The molecular weight excluding hydrogens is 687 g/mol. The molecule has 0 saturated heterocycles. The van der Waals surface area contributed by atoms with Crippen molar-refractivity contribution in [2.24, 2.45) is 0 Å². The first-order valence-corrected chi connectivity index (χ1v) is 13.9. The minimum atomic E-state index is -1.81. The van der Waals surface area contributed by atoms with Crippen LogP contribution < -0.4 is 40.6 Å². The fraction of sp³-hybridized carbons (Fsp3) is 0.417. The summed E-state index contributed by atoms with van der Waals surface area (Å²) in [5, 5.41) is 0. The van der Waals surface area contributed by atoms with Crippen molar-refractivity contribution in [3.63, 3.8) is 0 Å². The van der Waals surface area contributed by atoms with E-state index in [1.54, 1.807) is 0 Å². The van der Waals surface area contributed by atoms with E-state index in [0.29, 0.717) is 11.1 Å². The van der Waals surface area contributed by atoms with Crippen LogP contribution in [0.3, 0.4) is 0 Å². The third-order valence-corrected chi connectivity index (χ3v) is 8.21. The summed E-state index contributed by atoms with van der Waals surface area (Å²) in [6.45, 7) is 12.5. The van der Waals surface area contributed by atoms with Gasteiger partial charge in [0.1, 0.15) is 0 Å². The fourth-order valence-electron chi connectivity index (χ4n) is 3.61. The first-order valence-electron chi connectivity index (χ1n) is 10.4. The molecule has 0 atom stereocenters. The molecule has 0 aliphatic carbocycles. The second-order valence-electron chi connectivity index (χ2n) is 7.58. The first-order chi connectivity index (χ1) is 13.8. The van der Waals surface area contributed by atoms with Gasteiger partial charge in [0.05, 0.1) is 0 Å². The van der Waals surface area contributed by atoms with E-state index in [0.717, 1.165) is 36.8 Å². The normalized spacial score (nSPS) is 9.74. The standard InChI is InChI=1S/2C12H17NO.2BrH.Hf/c2*1-4-5-10-6-7-11(12(13)14)9(3)8(10)2;;;/h2*6-7H,4-5H2,1-3H3,(H2,13,14);2*1H;/q;;;;+4/p-4. The quantitative estimate of drug-likeness (QED) is 0.342. The van der Waals surface area contributed by atoms with Crippen LogP contribution in [0.4, 0.5) is 0 Å². The Bertz CT molecular complexity index is 843. The molecular formula is C24H32Br2HfN2O2. The number of halogens is 2. The van der Waals surface area contributed by atoms with Gasteiger partial charge in [0.25, 0.3) is 0 Å². The van der Waals surface area contributed by atoms with Crippen LogP contribution in [-0.4, -0.2) is 11.8 Å². The molecule has 0 saturated carbocycles. The van der Waals surface area contributed by atoms with Gasteiger partial charge in [-0.1, -0.05) is 0 Å². The average Bonchev–Trinajstić information content (AvgIpc) is 2.69. The third-order valence-electron chi connectivity index (χ3n) is 5.68. The van der Waals surface area contributed by atoms with E-state index < -0.39 is 23.5 Å². The predicted octanol–water partition coefficient (Wildman–Crippen LogP) is -1.09. The van der Waals surface area contributed by atoms with Crippen LogP contribution in [-0.2, 0) is 36.3 Å². The van der Waals surface area contributed by atoms with Gasteiger partial charge in [-0.25, -0.2) is 0 Å². The van der Waals surface area contributed by atoms with Crippen LogP contribution in [0, 0.1) is 27.7 Å². The van der Waals surface area contributed by atoms with Gasteiger partial charge in [-0.05, 0) is 0 Å². The Labute approximate surface area is 220 Å². The predicted molar refractivity (Wildman–Crippen MR) is 115 cm³/mol. The minimum absolute atomic E-state index is 0. The van der Waals surface area contributed by atoms with Crippen molar-refractivity contribution in [2.75, 3.05) is 0 Å². The van der Waals surface area contributed by atoms with Crippen molar-refractivity contribution in [3.05, 3.63) is 68.8 Å². The summed E-state index contributed by atoms with van der Waals surface area (Å²) in [4.78, 5) is 25.3. The molecule has 2 amide bonds. The summed E-state index contributed by atoms with van der Waals surface area (Å²) < 4.78 is 6.02. The molecule has 2 N–H and O–H groups in total. The number of benzene rings is 2. The monoisotopic (exact) mass is 718 g/mol. The maximum atomic E-state index is 12.6. The van der Waals surface area contributed by atoms with Gasteiger partial charge in [-0.3, -0.25) is 0 Å². The van der Waals surface area contributed by atoms with Crippen LogP contribution in [0.25, 0.3) is 0 Å². The van der Waals surface area contributed by atoms with Crippen LogP contribution in [0.2, 0.25) is 0 Å². The number of hydrogen-bond acceptors (Lipinski definition) is 2. The fourth-order valence-corrected chi connectivity index (χ4v) is 5.61. The molecule has 0 radical (unpaired) electrons. The van der Waals surface area contributed by atoms with Crippen molar-refractivity contribution in [1.82, 2.24) is 6.61 Å². The average molecular weight is 719 g/mol. The Morgan fingerprint density at radius 3 is 1.35 bits per heavy atom. The molecule has 2 aromatic rings. The SMILES string of the molecule is CCCc1ccc(C(=O)[NH][Hf+2][NH]C(=O)c2ccc(CCC)c(C)c2C)c(C)c1C.[Br-].[Br-]. The van der Waals surface area contributed by atoms with E-state index >= 15 is 0 Å². The zero-order valence-corrected chi connectivity index (χ0v) is 26.0. The first kappa shape index (κ1) is 30.2. The molecule has 2 aromatic carbocycles. The second kappa shape index (κ2) is 14.4. The van der Waals surface area contributed by atoms with Crippen molar-refractivity contribution in [2.45, 2.75) is 67.2 Å². The molecule has 0 unspecified atom stereocenters. The Morgan fingerprint density at radius 2 is 1.03 bits per heavy atom. The van der Waals surface area contributed by atoms with Gasteiger partial charge < -0.3 is 34.0 Å². The Hall–Kier alpha value is -0.790. The number of amides is 2. The molecule has 0 aliphatic heterocycles. The Kier molecular flexibility index (Phi) is 14.0. The largest absolute Gasteiger partial charge is 1.00 e. The molecule has 0 aromatic heterocycles. The number of carbonyl (C=O) groups is 2. The van der Waals surface area contributed by atoms with Crippen LogP contribution in [0.15, 0.2) is 24.3 Å². The van der Waals surface area contributed by atoms with Gasteiger partial charge >= 0.3 is 187 Å². The summed E-state index contributed by atoms with van der Waals surface area (Å²) in [5.74, 6) is -0.160. The zero-order chi connectivity index (χ0) is 21.6. The van der Waals surface area contributed by atoms with Gasteiger partial charge in [-0.15, -0.1) is 0 Å². The maximum absolute atomic E-state index is 12.6. The number of nitrogens with one attached hydrogen (secondary N) is 2. The summed E-state index contributed by atoms with van der Waals surface area (Å²) in [6, 6.07) is 7.93. The molecule has 31 heavy (non-hydrogen) atoms. The number of aryl methyl sites for hydroxylation is 2. The van der Waals surface area contributed by atoms with Crippen molar-refractivity contribution in [3.8, 4) is 0 Å². The minimum Gasteiger partial charge on any atom is -1.00 e. The smallest absolute Gasteiger partial charge is 1.00 e. The van der Waals surface area contributed by atoms with Crippen LogP contribution in [0.1, 0.15) is 80.8 Å². The molecule has 0 aliphatic rings. The summed E-state index contributed by atoms with van der Waals surface area (Å²) in [7, 11) is 0. The second-order valence-corrected chi connectivity index (χ2v) is 10.3. The van der Waals surface area contributed by atoms with Gasteiger partial charge in [0.2, 0.25) is 0 Å². The topological polar surface area (TPSA) is 58.2 Å². The van der Waals surface area contributed by atoms with Crippen molar-refractivity contribution in [1.29, 1.82) is 0 Å². The van der Waals surface area contributed by atoms with E-state index in [4.69, 9.17) is 0 Å². The summed E-state index contributed by atoms with van der Waals surface area (Å²) in [6.07, 6.45) is 4.23. The molecule has 2 rings (SSSR count). The van der Waals surface area contributed by atoms with E-state index in [2.05, 4.69) is 46.4 Å². The molecule has 0 bridgehead atoms. The van der Waals surface area contributed by atoms with Gasteiger partial charge in [0, 0.05) is 0 Å². The van der Waals surface area contributed by atoms with Crippen molar-refractivity contribution < 1.29 is 67.0 Å². The molecule has 0 fully saturated rings. The maximum Gasteiger partial charge on any atom is -1.00 e. The number of hydrogen-bond donors (Lipinski definition) is 2. The molecule has 0 heterocycles. The Morgan fingerprint density at radius 1 is 0.677 bits per heavy atom. The van der Waals surface area contributed by atoms with E-state index in [-0.39, 0.29) is 45.8 Å². The summed E-state index contributed by atoms with van der Waals surface area (Å²) in [5.41, 5.74) is 8.46. The number of rotatable bonds is 8. The summed E-state index contributed by atoms with van der Waals surface area (Å²) >= 11 is -1.81. The van der Waals surface area contributed by atoms with E-state index in [1.807, 2.05) is 26.0 Å². The zero-order valence-electron chi connectivity index (χ0n) is 19.2. The third kappa shape index (κ3) is 7.64. The molecule has 0 spiro atoms. The molecule has 168 valence electrons. The van der Waals surface area contributed by atoms with Gasteiger partial charge in [0.15, 0.2) is 0 Å².